The average Bonchev–Trinajstić information content (AvgIpc) is 2.25. The molecule has 14 heavy (non-hydrogen) atoms. The molecule has 0 saturated heterocycles. The van der Waals surface area contributed by atoms with Gasteiger partial charge in [0.15, 0.2) is 0 Å². The van der Waals surface area contributed by atoms with Crippen molar-refractivity contribution in [3.63, 3.8) is 0 Å². The maximum atomic E-state index is 8.75. The molecule has 1 aromatic rings. The van der Waals surface area contributed by atoms with E-state index in [4.69, 9.17) is 11.7 Å². The van der Waals surface area contributed by atoms with Crippen molar-refractivity contribution in [3.05, 3.63) is 47.5 Å². The maximum absolute atomic E-state index is 8.75. The summed E-state index contributed by atoms with van der Waals surface area (Å²) in [5.74, 6) is 7.93. The number of rotatable bonds is 0. The van der Waals surface area contributed by atoms with Crippen LogP contribution in [0.15, 0.2) is 36.4 Å². The molecule has 64 valence electrons. The minimum absolute atomic E-state index is 0.578. The van der Waals surface area contributed by atoms with Gasteiger partial charge in [0.25, 0.3) is 0 Å². The molecular formula is C13H7N. The number of allylic oxidation sites excluding steroid dienone is 2. The summed E-state index contributed by atoms with van der Waals surface area (Å²) in [6, 6.07) is 9.25. The molecule has 0 saturated carbocycles. The van der Waals surface area contributed by atoms with Crippen LogP contribution in [0.2, 0.25) is 0 Å². The lowest BCUT2D eigenvalue weighted by molar-refractivity contribution is 1.47. The fraction of sp³-hybridized carbons (Fsp3) is 0. The largest absolute Gasteiger partial charge is 0.192 e. The predicted molar refractivity (Wildman–Crippen MR) is 56.0 cm³/mol. The van der Waals surface area contributed by atoms with Crippen LogP contribution in [0.1, 0.15) is 11.1 Å². The van der Waals surface area contributed by atoms with E-state index in [0.717, 1.165) is 5.56 Å². The molecule has 0 heterocycles. The first-order valence-electron chi connectivity index (χ1n) is 4.00. The SMILES string of the molecule is C#C/C=C\C#Cc1ccccc1C#N. The molecule has 1 aromatic carbocycles. The molecule has 0 bridgehead atoms. The lowest BCUT2D eigenvalue weighted by Gasteiger charge is -1.91. The highest BCUT2D eigenvalue weighted by Crippen LogP contribution is 2.04. The van der Waals surface area contributed by atoms with Gasteiger partial charge in [0, 0.05) is 5.56 Å². The Morgan fingerprint density at radius 1 is 1.14 bits per heavy atom. The van der Waals surface area contributed by atoms with E-state index in [0.29, 0.717) is 5.56 Å². The van der Waals surface area contributed by atoms with Gasteiger partial charge >= 0.3 is 0 Å². The Labute approximate surface area is 83.7 Å². The van der Waals surface area contributed by atoms with Gasteiger partial charge in [-0.3, -0.25) is 0 Å². The highest BCUT2D eigenvalue weighted by molar-refractivity contribution is 5.48. The Morgan fingerprint density at radius 3 is 2.50 bits per heavy atom. The van der Waals surface area contributed by atoms with Gasteiger partial charge in [-0.2, -0.15) is 5.26 Å². The quantitative estimate of drug-likeness (QED) is 0.557. The van der Waals surface area contributed by atoms with Crippen LogP contribution in [-0.2, 0) is 0 Å². The van der Waals surface area contributed by atoms with Crippen LogP contribution in [-0.4, -0.2) is 0 Å². The van der Waals surface area contributed by atoms with Crippen LogP contribution in [0.4, 0.5) is 0 Å². The number of hydrogen-bond acceptors (Lipinski definition) is 1. The first kappa shape index (κ1) is 9.66. The molecule has 0 N–H and O–H groups in total. The summed E-state index contributed by atoms with van der Waals surface area (Å²) >= 11 is 0. The van der Waals surface area contributed by atoms with E-state index in [1.807, 2.05) is 6.07 Å². The fourth-order valence-corrected chi connectivity index (χ4v) is 0.899. The average molecular weight is 177 g/mol. The third kappa shape index (κ3) is 2.56. The number of nitriles is 1. The van der Waals surface area contributed by atoms with Gasteiger partial charge < -0.3 is 0 Å². The Bertz CT molecular complexity index is 484. The molecule has 1 nitrogen and oxygen atoms in total. The van der Waals surface area contributed by atoms with E-state index < -0.39 is 0 Å². The Morgan fingerprint density at radius 2 is 1.86 bits per heavy atom. The van der Waals surface area contributed by atoms with Gasteiger partial charge in [0.1, 0.15) is 6.07 Å². The lowest BCUT2D eigenvalue weighted by atomic mass is 10.1. The molecule has 0 amide bonds. The van der Waals surface area contributed by atoms with Crippen LogP contribution in [0.3, 0.4) is 0 Å². The number of nitrogens with zero attached hydrogens (tertiary/aromatic N) is 1. The fourth-order valence-electron chi connectivity index (χ4n) is 0.899. The van der Waals surface area contributed by atoms with E-state index in [-0.39, 0.29) is 0 Å². The summed E-state index contributed by atoms with van der Waals surface area (Å²) < 4.78 is 0. The molecule has 1 rings (SSSR count). The summed E-state index contributed by atoms with van der Waals surface area (Å²) in [4.78, 5) is 0. The van der Waals surface area contributed by atoms with Crippen molar-refractivity contribution in [2.24, 2.45) is 0 Å². The van der Waals surface area contributed by atoms with Gasteiger partial charge in [0.2, 0.25) is 0 Å². The molecular weight excluding hydrogens is 170 g/mol. The predicted octanol–water partition coefficient (Wildman–Crippen LogP) is 2.10. The molecule has 0 spiro atoms. The lowest BCUT2D eigenvalue weighted by Crippen LogP contribution is -1.80. The zero-order valence-corrected chi connectivity index (χ0v) is 7.49. The normalized spacial score (nSPS) is 8.43. The van der Waals surface area contributed by atoms with Crippen molar-refractivity contribution < 1.29 is 0 Å². The number of terminal acetylenes is 1. The summed E-state index contributed by atoms with van der Waals surface area (Å²) in [6.07, 6.45) is 8.10. The van der Waals surface area contributed by atoms with Crippen molar-refractivity contribution in [3.8, 4) is 30.3 Å². The zero-order valence-electron chi connectivity index (χ0n) is 7.49. The van der Waals surface area contributed by atoms with E-state index in [1.54, 1.807) is 24.3 Å². The third-order valence-electron chi connectivity index (χ3n) is 1.52. The molecule has 0 fully saturated rings. The van der Waals surface area contributed by atoms with Crippen molar-refractivity contribution in [2.75, 3.05) is 0 Å². The first-order valence-corrected chi connectivity index (χ1v) is 4.00. The standard InChI is InChI=1S/C13H7N/c1-2-3-4-5-8-12-9-6-7-10-13(12)11-14/h1,3-4,6-7,9-10H/b4-3-. The van der Waals surface area contributed by atoms with Crippen molar-refractivity contribution in [1.82, 2.24) is 0 Å². The minimum atomic E-state index is 0.578. The molecule has 0 aliphatic rings. The summed E-state index contributed by atoms with van der Waals surface area (Å²) in [5, 5.41) is 8.75. The second-order valence-corrected chi connectivity index (χ2v) is 2.43. The molecule has 0 aromatic heterocycles. The highest BCUT2D eigenvalue weighted by atomic mass is 14.2. The van der Waals surface area contributed by atoms with Gasteiger partial charge in [-0.05, 0) is 24.3 Å². The van der Waals surface area contributed by atoms with Gasteiger partial charge in [0.05, 0.1) is 5.56 Å². The minimum Gasteiger partial charge on any atom is -0.192 e. The van der Waals surface area contributed by atoms with Crippen LogP contribution >= 0.6 is 0 Å². The van der Waals surface area contributed by atoms with Crippen LogP contribution in [0.5, 0.6) is 0 Å². The summed E-state index contributed by atoms with van der Waals surface area (Å²) in [6.45, 7) is 0. The van der Waals surface area contributed by atoms with Crippen LogP contribution in [0, 0.1) is 35.5 Å². The molecule has 0 atom stereocenters. The Balaban J connectivity index is 2.97. The maximum Gasteiger partial charge on any atom is 0.100 e. The van der Waals surface area contributed by atoms with Crippen molar-refractivity contribution in [2.45, 2.75) is 0 Å². The van der Waals surface area contributed by atoms with E-state index in [2.05, 4.69) is 23.8 Å². The molecule has 0 unspecified atom stereocenters. The topological polar surface area (TPSA) is 23.8 Å². The summed E-state index contributed by atoms with van der Waals surface area (Å²) in [5.41, 5.74) is 1.30. The molecule has 1 heteroatoms. The molecule has 0 aliphatic carbocycles. The van der Waals surface area contributed by atoms with Crippen molar-refractivity contribution in [1.29, 1.82) is 5.26 Å². The molecule has 0 aliphatic heterocycles. The smallest absolute Gasteiger partial charge is 0.100 e. The second-order valence-electron chi connectivity index (χ2n) is 2.43. The zero-order chi connectivity index (χ0) is 10.2. The van der Waals surface area contributed by atoms with E-state index in [9.17, 15) is 0 Å². The molecule has 0 radical (unpaired) electrons. The number of benzene rings is 1. The van der Waals surface area contributed by atoms with Gasteiger partial charge in [-0.15, -0.1) is 6.42 Å². The van der Waals surface area contributed by atoms with Crippen LogP contribution in [0.25, 0.3) is 0 Å². The van der Waals surface area contributed by atoms with Gasteiger partial charge in [-0.1, -0.05) is 29.9 Å². The van der Waals surface area contributed by atoms with Crippen molar-refractivity contribution >= 4 is 0 Å². The number of hydrogen-bond donors (Lipinski definition) is 0. The Kier molecular flexibility index (Phi) is 3.63. The Hall–Kier alpha value is -2.43. The third-order valence-corrected chi connectivity index (χ3v) is 1.52. The van der Waals surface area contributed by atoms with E-state index in [1.165, 1.54) is 6.08 Å². The highest BCUT2D eigenvalue weighted by Gasteiger charge is 1.94. The monoisotopic (exact) mass is 177 g/mol. The second kappa shape index (κ2) is 5.26. The van der Waals surface area contributed by atoms with Crippen LogP contribution < -0.4 is 0 Å². The van der Waals surface area contributed by atoms with E-state index >= 15 is 0 Å². The van der Waals surface area contributed by atoms with Gasteiger partial charge in [-0.25, -0.2) is 0 Å². The summed E-state index contributed by atoms with van der Waals surface area (Å²) in [7, 11) is 0. The first-order chi connectivity index (χ1) is 6.88.